The Bertz CT molecular complexity index is 1580. The molecule has 5 rings (SSSR count). The molecule has 15 heteroatoms. The second-order valence-corrected chi connectivity index (χ2v) is 12.2. The van der Waals surface area contributed by atoms with Crippen LogP contribution >= 0.6 is 0 Å². The van der Waals surface area contributed by atoms with Gasteiger partial charge >= 0.3 is 6.03 Å². The summed E-state index contributed by atoms with van der Waals surface area (Å²) in [6.07, 6.45) is 0.0502. The van der Waals surface area contributed by atoms with Gasteiger partial charge < -0.3 is 46.2 Å². The fourth-order valence-corrected chi connectivity index (χ4v) is 7.00. The predicted octanol–water partition coefficient (Wildman–Crippen LogP) is -0.664. The van der Waals surface area contributed by atoms with Crippen molar-refractivity contribution in [2.45, 2.75) is 24.5 Å². The summed E-state index contributed by atoms with van der Waals surface area (Å²) in [4.78, 5) is 70.6. The molecule has 1 aliphatic heterocycles. The minimum Gasteiger partial charge on any atom is -0.508 e. The first-order valence-electron chi connectivity index (χ1n) is 14.0. The van der Waals surface area contributed by atoms with Crippen molar-refractivity contribution in [1.29, 1.82) is 0 Å². The van der Waals surface area contributed by atoms with Crippen LogP contribution in [0.25, 0.3) is 5.76 Å². The Morgan fingerprint density at radius 3 is 2.32 bits per heavy atom. The maximum Gasteiger partial charge on any atom is 0.320 e. The Labute approximate surface area is 252 Å². The van der Waals surface area contributed by atoms with Gasteiger partial charge in [-0.1, -0.05) is 0 Å². The number of nitrogens with two attached hydrogens (primary N) is 1. The number of hydrogen-bond donors (Lipinski definition) is 6. The average molecular weight is 613 g/mol. The Hall–Kier alpha value is -4.63. The standard InChI is InChI=1S/C29H36N6O9/c1-32(2)16-10-15(31-17(36)11-35-7-6-34(5)28(35)43)22(37)19-13(16)8-12-9-14-21(33(3)4)24(39)20(27(30)42)26(41)29(14,44)25(40)18(12)23(19)38/h10,12,14,21,37-38,41,44H,6-9,11H2,1-5H3,(H2,30,42)(H,31,36)/t12?,14?,21-,29-/m0/s1. The molecular formula is C29H36N6O9. The van der Waals surface area contributed by atoms with Gasteiger partial charge in [-0.15, -0.1) is 0 Å². The van der Waals surface area contributed by atoms with Gasteiger partial charge in [0.2, 0.25) is 11.7 Å². The zero-order valence-corrected chi connectivity index (χ0v) is 25.0. The second kappa shape index (κ2) is 10.5. The van der Waals surface area contributed by atoms with E-state index in [0.29, 0.717) is 24.3 Å². The highest BCUT2D eigenvalue weighted by Gasteiger charge is 2.64. The van der Waals surface area contributed by atoms with E-state index in [2.05, 4.69) is 5.32 Å². The topological polar surface area (TPSA) is 217 Å². The quantitative estimate of drug-likeness (QED) is 0.175. The van der Waals surface area contributed by atoms with Gasteiger partial charge in [0, 0.05) is 51.4 Å². The number of fused-ring (bicyclic) bond motifs is 3. The number of carbonyl (C=O) groups is 5. The van der Waals surface area contributed by atoms with Crippen LogP contribution in [-0.4, -0.2) is 131 Å². The molecule has 1 aromatic carbocycles. The lowest BCUT2D eigenvalue weighted by molar-refractivity contribution is -0.153. The van der Waals surface area contributed by atoms with Crippen LogP contribution < -0.4 is 16.0 Å². The number of urea groups is 1. The van der Waals surface area contributed by atoms with Crippen molar-refractivity contribution < 1.29 is 44.4 Å². The number of hydrogen-bond acceptors (Lipinski definition) is 11. The molecule has 44 heavy (non-hydrogen) atoms. The van der Waals surface area contributed by atoms with Gasteiger partial charge in [0.1, 0.15) is 29.4 Å². The summed E-state index contributed by atoms with van der Waals surface area (Å²) in [6.45, 7) is 0.528. The van der Waals surface area contributed by atoms with Crippen molar-refractivity contribution in [1.82, 2.24) is 14.7 Å². The number of ketones is 2. The molecule has 7 N–H and O–H groups in total. The number of Topliss-reactive ketones (excluding diaryl/α,β-unsaturated/α-hetero) is 2. The van der Waals surface area contributed by atoms with E-state index in [4.69, 9.17) is 5.73 Å². The van der Waals surface area contributed by atoms with E-state index in [1.165, 1.54) is 34.9 Å². The number of primary amides is 1. The van der Waals surface area contributed by atoms with Crippen LogP contribution in [0.5, 0.6) is 5.75 Å². The number of aliphatic hydroxyl groups is 3. The number of amides is 4. The first kappa shape index (κ1) is 30.8. The van der Waals surface area contributed by atoms with E-state index in [9.17, 15) is 44.4 Å². The van der Waals surface area contributed by atoms with Crippen LogP contribution in [0, 0.1) is 11.8 Å². The predicted molar refractivity (Wildman–Crippen MR) is 157 cm³/mol. The number of benzene rings is 1. The van der Waals surface area contributed by atoms with E-state index >= 15 is 0 Å². The van der Waals surface area contributed by atoms with Gasteiger partial charge in [0.25, 0.3) is 5.91 Å². The zero-order valence-electron chi connectivity index (χ0n) is 25.0. The number of phenolic OH excluding ortho intramolecular Hbond substituents is 1. The molecule has 0 spiro atoms. The molecular weight excluding hydrogens is 576 g/mol. The maximum atomic E-state index is 14.1. The average Bonchev–Trinajstić information content (AvgIpc) is 3.23. The summed E-state index contributed by atoms with van der Waals surface area (Å²) < 4.78 is 0. The van der Waals surface area contributed by atoms with Gasteiger partial charge in [0.15, 0.2) is 11.4 Å². The Balaban J connectivity index is 1.62. The second-order valence-electron chi connectivity index (χ2n) is 12.2. The van der Waals surface area contributed by atoms with E-state index in [1.807, 2.05) is 0 Å². The summed E-state index contributed by atoms with van der Waals surface area (Å²) in [5.74, 6) is -8.20. The van der Waals surface area contributed by atoms with Crippen molar-refractivity contribution in [3.05, 3.63) is 34.1 Å². The van der Waals surface area contributed by atoms with Gasteiger partial charge in [-0.05, 0) is 44.5 Å². The smallest absolute Gasteiger partial charge is 0.320 e. The summed E-state index contributed by atoms with van der Waals surface area (Å²) in [5, 5.41) is 48.3. The first-order chi connectivity index (χ1) is 20.5. The molecule has 1 aromatic rings. The number of nitrogens with one attached hydrogen (secondary N) is 1. The van der Waals surface area contributed by atoms with Gasteiger partial charge in [-0.25, -0.2) is 4.79 Å². The number of rotatable bonds is 6. The van der Waals surface area contributed by atoms with Crippen molar-refractivity contribution >= 4 is 46.5 Å². The molecule has 15 nitrogen and oxygen atoms in total. The Kier molecular flexibility index (Phi) is 7.37. The van der Waals surface area contributed by atoms with Gasteiger partial charge in [-0.3, -0.25) is 24.1 Å². The number of likely N-dealkylation sites (N-methyl/N-ethyl adjacent to an activating group) is 2. The lowest BCUT2D eigenvalue weighted by atomic mass is 9.57. The van der Waals surface area contributed by atoms with Crippen LogP contribution in [0.1, 0.15) is 17.5 Å². The normalized spacial score (nSPS) is 26.6. The highest BCUT2D eigenvalue weighted by molar-refractivity contribution is 6.24. The molecule has 4 atom stereocenters. The summed E-state index contributed by atoms with van der Waals surface area (Å²) in [6, 6.07) is 0.0139. The maximum absolute atomic E-state index is 14.1. The van der Waals surface area contributed by atoms with Crippen molar-refractivity contribution in [3.8, 4) is 5.75 Å². The van der Waals surface area contributed by atoms with E-state index in [1.54, 1.807) is 26.0 Å². The first-order valence-corrected chi connectivity index (χ1v) is 14.0. The molecule has 2 unspecified atom stereocenters. The van der Waals surface area contributed by atoms with Crippen LogP contribution in [0.2, 0.25) is 0 Å². The van der Waals surface area contributed by atoms with Crippen molar-refractivity contribution in [2.24, 2.45) is 17.6 Å². The van der Waals surface area contributed by atoms with Crippen molar-refractivity contribution in [2.75, 3.05) is 65.1 Å². The van der Waals surface area contributed by atoms with E-state index < -0.39 is 69.7 Å². The molecule has 0 aromatic heterocycles. The molecule has 1 saturated carbocycles. The largest absolute Gasteiger partial charge is 0.508 e. The van der Waals surface area contributed by atoms with E-state index in [0.717, 1.165) is 0 Å². The minimum atomic E-state index is -2.76. The number of aliphatic hydroxyl groups excluding tert-OH is 2. The summed E-state index contributed by atoms with van der Waals surface area (Å²) >= 11 is 0. The number of aromatic hydroxyl groups is 1. The number of phenols is 1. The number of carbonyl (C=O) groups excluding carboxylic acids is 5. The third-order valence-corrected chi connectivity index (χ3v) is 9.09. The fourth-order valence-electron chi connectivity index (χ4n) is 7.00. The Morgan fingerprint density at radius 1 is 1.11 bits per heavy atom. The molecule has 0 radical (unpaired) electrons. The molecule has 4 aliphatic rings. The molecule has 0 bridgehead atoms. The number of anilines is 2. The van der Waals surface area contributed by atoms with E-state index in [-0.39, 0.29) is 42.2 Å². The van der Waals surface area contributed by atoms with Gasteiger partial charge in [-0.2, -0.15) is 0 Å². The van der Waals surface area contributed by atoms with Crippen LogP contribution in [-0.2, 0) is 25.6 Å². The summed E-state index contributed by atoms with van der Waals surface area (Å²) in [7, 11) is 8.11. The molecule has 236 valence electrons. The Morgan fingerprint density at radius 2 is 1.77 bits per heavy atom. The van der Waals surface area contributed by atoms with Crippen molar-refractivity contribution in [3.63, 3.8) is 0 Å². The lowest BCUT2D eigenvalue weighted by Gasteiger charge is -2.50. The monoisotopic (exact) mass is 612 g/mol. The van der Waals surface area contributed by atoms with Gasteiger partial charge in [0.05, 0.1) is 17.3 Å². The van der Waals surface area contributed by atoms with Crippen LogP contribution in [0.4, 0.5) is 16.2 Å². The van der Waals surface area contributed by atoms with Crippen LogP contribution in [0.15, 0.2) is 23.0 Å². The SMILES string of the molecule is CN1CCN(CC(=O)Nc2cc(N(C)C)c3c(c2O)C(O)=C2C(=O)[C@]4(O)C(O)=C(C(N)=O)C(=O)[C@@H](N(C)C)C4CC2C3)C1=O. The fraction of sp³-hybridized carbons (Fsp3) is 0.483. The third kappa shape index (κ3) is 4.37. The lowest BCUT2D eigenvalue weighted by Crippen LogP contribution is -2.65. The molecule has 1 heterocycles. The van der Waals surface area contributed by atoms with Crippen LogP contribution in [0.3, 0.4) is 0 Å². The highest BCUT2D eigenvalue weighted by atomic mass is 16.3. The highest BCUT2D eigenvalue weighted by Crippen LogP contribution is 2.54. The number of nitrogens with zero attached hydrogens (tertiary/aromatic N) is 4. The molecule has 4 amide bonds. The molecule has 3 aliphatic carbocycles. The molecule has 2 fully saturated rings. The third-order valence-electron chi connectivity index (χ3n) is 9.09. The zero-order chi connectivity index (χ0) is 32.6. The summed E-state index contributed by atoms with van der Waals surface area (Å²) in [5.41, 5.74) is 2.14. The minimum absolute atomic E-state index is 0.0454. The molecule has 1 saturated heterocycles.